The highest BCUT2D eigenvalue weighted by Crippen LogP contribution is 2.37. The topological polar surface area (TPSA) is 76.0 Å². The van der Waals surface area contributed by atoms with Crippen molar-refractivity contribution in [1.82, 2.24) is 0 Å². The predicted molar refractivity (Wildman–Crippen MR) is 86.7 cm³/mol. The Kier molecular flexibility index (Phi) is 5.22. The van der Waals surface area contributed by atoms with Gasteiger partial charge in [-0.05, 0) is 40.5 Å². The molecule has 0 unspecified atom stereocenters. The minimum atomic E-state index is -4.59. The minimum absolute atomic E-state index is 0.0873. The zero-order valence-electron chi connectivity index (χ0n) is 12.8. The van der Waals surface area contributed by atoms with Crippen molar-refractivity contribution in [3.8, 4) is 5.75 Å². The Morgan fingerprint density at radius 1 is 1.35 bits per heavy atom. The van der Waals surface area contributed by atoms with E-state index in [4.69, 9.17) is 14.5 Å². The second-order valence-corrected chi connectivity index (χ2v) is 6.55. The van der Waals surface area contributed by atoms with Gasteiger partial charge in [0.05, 0.1) is 0 Å². The number of ether oxygens (including phenoxy) is 1. The number of rotatable bonds is 6. The highest BCUT2D eigenvalue weighted by atomic mass is 31.2. The Morgan fingerprint density at radius 3 is 2.61 bits per heavy atom. The first-order valence-electron chi connectivity index (χ1n) is 6.94. The molecule has 0 amide bonds. The van der Waals surface area contributed by atoms with Crippen molar-refractivity contribution in [2.24, 2.45) is 0 Å². The molecule has 0 aliphatic heterocycles. The van der Waals surface area contributed by atoms with Crippen LogP contribution in [0.2, 0.25) is 0 Å². The average molecular weight is 340 g/mol. The fraction of sp³-hybridized carbons (Fsp3) is 0.250. The average Bonchev–Trinajstić information content (AvgIpc) is 2.45. The van der Waals surface area contributed by atoms with Crippen molar-refractivity contribution in [2.45, 2.75) is 19.8 Å². The summed E-state index contributed by atoms with van der Waals surface area (Å²) < 4.78 is 34.2. The maximum absolute atomic E-state index is 14.0. The highest BCUT2D eigenvalue weighted by Gasteiger charge is 2.16. The molecular weight excluding hydrogens is 322 g/mol. The maximum atomic E-state index is 14.0. The number of phosphoric ester groups is 1. The molecule has 0 spiro atoms. The van der Waals surface area contributed by atoms with Gasteiger partial charge in [-0.2, -0.15) is 0 Å². The van der Waals surface area contributed by atoms with Crippen molar-refractivity contribution in [1.29, 1.82) is 0 Å². The molecule has 2 N–H and O–H groups in total. The summed E-state index contributed by atoms with van der Waals surface area (Å²) in [4.78, 5) is 17.3. The second-order valence-electron chi connectivity index (χ2n) is 5.31. The van der Waals surface area contributed by atoms with Crippen LogP contribution in [0.25, 0.3) is 16.8 Å². The first-order chi connectivity index (χ1) is 10.7. The van der Waals surface area contributed by atoms with E-state index in [0.717, 1.165) is 16.3 Å². The summed E-state index contributed by atoms with van der Waals surface area (Å²) in [5.41, 5.74) is 1.27. The molecule has 124 valence electrons. The molecule has 0 fully saturated rings. The van der Waals surface area contributed by atoms with E-state index in [9.17, 15) is 8.96 Å². The van der Waals surface area contributed by atoms with E-state index in [1.807, 2.05) is 13.8 Å². The van der Waals surface area contributed by atoms with E-state index in [1.165, 1.54) is 12.1 Å². The van der Waals surface area contributed by atoms with Gasteiger partial charge < -0.3 is 14.5 Å². The standard InChI is InChI=1S/C16H18FO5P/c1-4-13-15(17)6-5-11-7-12(21-9-22-23(18,19)20)8-14(10(2)3)16(11)13/h4-8,10H,1,9H2,2-3H3,(H2,18,19,20). The second kappa shape index (κ2) is 6.81. The van der Waals surface area contributed by atoms with Crippen molar-refractivity contribution >= 4 is 24.7 Å². The lowest BCUT2D eigenvalue weighted by atomic mass is 9.92. The molecule has 23 heavy (non-hydrogen) atoms. The van der Waals surface area contributed by atoms with Gasteiger partial charge in [-0.15, -0.1) is 0 Å². The largest absolute Gasteiger partial charge is 0.472 e. The van der Waals surface area contributed by atoms with Gasteiger partial charge in [0.15, 0.2) is 6.79 Å². The molecule has 2 rings (SSSR count). The van der Waals surface area contributed by atoms with Crippen LogP contribution >= 0.6 is 7.82 Å². The number of hydrogen-bond donors (Lipinski definition) is 2. The minimum Gasteiger partial charge on any atom is -0.467 e. The first-order valence-corrected chi connectivity index (χ1v) is 8.47. The van der Waals surface area contributed by atoms with Gasteiger partial charge in [0.1, 0.15) is 11.6 Å². The Balaban J connectivity index is 2.48. The lowest BCUT2D eigenvalue weighted by molar-refractivity contribution is 0.0829. The van der Waals surface area contributed by atoms with Crippen molar-refractivity contribution in [3.05, 3.63) is 47.8 Å². The van der Waals surface area contributed by atoms with Gasteiger partial charge in [0.2, 0.25) is 0 Å². The first kappa shape index (κ1) is 17.6. The number of benzene rings is 2. The fourth-order valence-electron chi connectivity index (χ4n) is 2.38. The third-order valence-electron chi connectivity index (χ3n) is 3.38. The third-order valence-corrected chi connectivity index (χ3v) is 3.82. The smallest absolute Gasteiger partial charge is 0.467 e. The highest BCUT2D eigenvalue weighted by molar-refractivity contribution is 7.46. The summed E-state index contributed by atoms with van der Waals surface area (Å²) in [6, 6.07) is 6.35. The molecule has 7 heteroatoms. The van der Waals surface area contributed by atoms with Crippen molar-refractivity contribution in [2.75, 3.05) is 6.79 Å². The molecule has 0 saturated carbocycles. The molecule has 2 aromatic rings. The number of hydrogen-bond acceptors (Lipinski definition) is 3. The molecule has 0 aromatic heterocycles. The van der Waals surface area contributed by atoms with Crippen LogP contribution in [0.4, 0.5) is 4.39 Å². The molecule has 0 atom stereocenters. The van der Waals surface area contributed by atoms with Crippen LogP contribution in [0, 0.1) is 5.82 Å². The van der Waals surface area contributed by atoms with E-state index in [-0.39, 0.29) is 11.7 Å². The fourth-order valence-corrected chi connectivity index (χ4v) is 2.57. The van der Waals surface area contributed by atoms with Crippen LogP contribution in [0.1, 0.15) is 30.9 Å². The summed E-state index contributed by atoms with van der Waals surface area (Å²) in [6.45, 7) is 7.00. The molecule has 5 nitrogen and oxygen atoms in total. The zero-order chi connectivity index (χ0) is 17.2. The normalized spacial score (nSPS) is 11.9. The molecule has 2 aromatic carbocycles. The lowest BCUT2D eigenvalue weighted by Crippen LogP contribution is -2.02. The van der Waals surface area contributed by atoms with Crippen LogP contribution in [-0.4, -0.2) is 16.6 Å². The summed E-state index contributed by atoms with van der Waals surface area (Å²) in [5, 5.41) is 1.50. The molecule has 0 radical (unpaired) electrons. The Bertz CT molecular complexity index is 782. The monoisotopic (exact) mass is 340 g/mol. The van der Waals surface area contributed by atoms with Crippen LogP contribution in [0.15, 0.2) is 30.8 Å². The van der Waals surface area contributed by atoms with Crippen molar-refractivity contribution in [3.63, 3.8) is 0 Å². The zero-order valence-corrected chi connectivity index (χ0v) is 13.7. The molecule has 0 aliphatic carbocycles. The summed E-state index contributed by atoms with van der Waals surface area (Å²) in [7, 11) is -4.59. The van der Waals surface area contributed by atoms with Gasteiger partial charge in [-0.1, -0.05) is 32.6 Å². The van der Waals surface area contributed by atoms with Crippen molar-refractivity contribution < 1.29 is 28.0 Å². The van der Waals surface area contributed by atoms with Crippen LogP contribution in [0.5, 0.6) is 5.75 Å². The molecule has 0 heterocycles. The van der Waals surface area contributed by atoms with E-state index in [0.29, 0.717) is 11.3 Å². The van der Waals surface area contributed by atoms with E-state index < -0.39 is 14.6 Å². The summed E-state index contributed by atoms with van der Waals surface area (Å²) in [5.74, 6) is 0.119. The van der Waals surface area contributed by atoms with Gasteiger partial charge in [-0.25, -0.2) is 13.5 Å². The molecule has 0 saturated heterocycles. The Labute approximate surface area is 133 Å². The maximum Gasteiger partial charge on any atom is 0.472 e. The van der Waals surface area contributed by atoms with Gasteiger partial charge in [-0.3, -0.25) is 0 Å². The summed E-state index contributed by atoms with van der Waals surface area (Å²) in [6.07, 6.45) is 1.47. The molecule has 0 bridgehead atoms. The van der Waals surface area contributed by atoms with Gasteiger partial charge in [0.25, 0.3) is 0 Å². The Hall–Kier alpha value is -1.72. The summed E-state index contributed by atoms with van der Waals surface area (Å²) >= 11 is 0. The van der Waals surface area contributed by atoms with Crippen LogP contribution in [-0.2, 0) is 9.09 Å². The van der Waals surface area contributed by atoms with Crippen LogP contribution < -0.4 is 4.74 Å². The number of phosphoric acid groups is 1. The van der Waals surface area contributed by atoms with E-state index in [1.54, 1.807) is 18.2 Å². The number of fused-ring (bicyclic) bond motifs is 1. The van der Waals surface area contributed by atoms with E-state index in [2.05, 4.69) is 11.1 Å². The molecular formula is C16H18FO5P. The predicted octanol–water partition coefficient (Wildman–Crippen LogP) is 4.19. The quantitative estimate of drug-likeness (QED) is 0.609. The SMILES string of the molecule is C=Cc1c(F)ccc2cc(OCOP(=O)(O)O)cc(C(C)C)c12. The van der Waals surface area contributed by atoms with E-state index >= 15 is 0 Å². The lowest BCUT2D eigenvalue weighted by Gasteiger charge is -2.16. The third kappa shape index (κ3) is 4.18. The molecule has 0 aliphatic rings. The van der Waals surface area contributed by atoms with Gasteiger partial charge in [0, 0.05) is 5.56 Å². The van der Waals surface area contributed by atoms with Gasteiger partial charge >= 0.3 is 7.82 Å². The number of halogens is 1. The van der Waals surface area contributed by atoms with Crippen LogP contribution in [0.3, 0.4) is 0 Å². The Morgan fingerprint density at radius 2 is 2.04 bits per heavy atom.